The molecule has 6 nitrogen and oxygen atoms in total. The van der Waals surface area contributed by atoms with Crippen LogP contribution in [0.4, 0.5) is 8.78 Å². The van der Waals surface area contributed by atoms with Gasteiger partial charge in [-0.2, -0.15) is 13.9 Å². The van der Waals surface area contributed by atoms with Gasteiger partial charge in [0.25, 0.3) is 0 Å². The van der Waals surface area contributed by atoms with Crippen LogP contribution in [0.2, 0.25) is 0 Å². The van der Waals surface area contributed by atoms with E-state index in [1.807, 2.05) is 0 Å². The molecule has 1 N–H and O–H groups in total. The number of aromatic nitrogens is 2. The van der Waals surface area contributed by atoms with Gasteiger partial charge in [0.1, 0.15) is 0 Å². The first-order valence-electron chi connectivity index (χ1n) is 8.38. The van der Waals surface area contributed by atoms with Crippen molar-refractivity contribution in [1.82, 2.24) is 20.0 Å². The van der Waals surface area contributed by atoms with Crippen LogP contribution in [0.5, 0.6) is 0 Å². The van der Waals surface area contributed by atoms with E-state index in [2.05, 4.69) is 15.3 Å². The van der Waals surface area contributed by atoms with Crippen molar-refractivity contribution >= 4 is 5.91 Å². The summed E-state index contributed by atoms with van der Waals surface area (Å²) in [6.07, 6.45) is 2.01. The zero-order valence-corrected chi connectivity index (χ0v) is 14.4. The molecule has 0 aliphatic carbocycles. The Hall–Kier alpha value is -1.54. The van der Waals surface area contributed by atoms with Crippen LogP contribution >= 0.6 is 0 Å². The molecule has 0 saturated carbocycles. The SMILES string of the molecule is Cc1nn(C(F)F)c(C)c1CC(=O)NCCCCN1CCOCC1. The number of hydrogen-bond acceptors (Lipinski definition) is 4. The number of carbonyl (C=O) groups excluding carboxylic acids is 1. The second-order valence-corrected chi connectivity index (χ2v) is 6.06. The smallest absolute Gasteiger partial charge is 0.333 e. The van der Waals surface area contributed by atoms with Crippen molar-refractivity contribution in [2.45, 2.75) is 39.7 Å². The first kappa shape index (κ1) is 18.8. The zero-order valence-electron chi connectivity index (χ0n) is 14.4. The highest BCUT2D eigenvalue weighted by atomic mass is 19.3. The van der Waals surface area contributed by atoms with Crippen LogP contribution in [0.25, 0.3) is 0 Å². The van der Waals surface area contributed by atoms with E-state index in [4.69, 9.17) is 4.74 Å². The van der Waals surface area contributed by atoms with Gasteiger partial charge >= 0.3 is 6.55 Å². The third-order valence-electron chi connectivity index (χ3n) is 4.32. The molecule has 2 heterocycles. The number of carbonyl (C=O) groups is 1. The number of alkyl halides is 2. The van der Waals surface area contributed by atoms with Gasteiger partial charge in [0.05, 0.1) is 25.3 Å². The minimum absolute atomic E-state index is 0.0911. The molecule has 0 unspecified atom stereocenters. The normalized spacial score (nSPS) is 15.9. The molecule has 1 fully saturated rings. The van der Waals surface area contributed by atoms with E-state index in [1.165, 1.54) is 0 Å². The second kappa shape index (κ2) is 9.08. The summed E-state index contributed by atoms with van der Waals surface area (Å²) in [5, 5.41) is 6.65. The number of rotatable bonds is 8. The van der Waals surface area contributed by atoms with Crippen LogP contribution in [0.3, 0.4) is 0 Å². The molecule has 1 aromatic heterocycles. The molecule has 1 aliphatic heterocycles. The summed E-state index contributed by atoms with van der Waals surface area (Å²) in [5.41, 5.74) is 1.42. The summed E-state index contributed by atoms with van der Waals surface area (Å²) in [6.45, 7) is 5.68. The number of aryl methyl sites for hydroxylation is 1. The molecule has 1 saturated heterocycles. The van der Waals surface area contributed by atoms with Crippen molar-refractivity contribution in [3.63, 3.8) is 0 Å². The van der Waals surface area contributed by atoms with E-state index in [0.717, 1.165) is 45.7 Å². The largest absolute Gasteiger partial charge is 0.379 e. The van der Waals surface area contributed by atoms with Gasteiger partial charge < -0.3 is 10.1 Å². The standard InChI is InChI=1S/C16H26F2N4O2/c1-12-14(13(2)22(20-12)16(17)18)11-15(23)19-5-3-4-6-21-7-9-24-10-8-21/h16H,3-11H2,1-2H3,(H,19,23). The van der Waals surface area contributed by atoms with Crippen molar-refractivity contribution in [2.75, 3.05) is 39.4 Å². The minimum atomic E-state index is -2.68. The summed E-state index contributed by atoms with van der Waals surface area (Å²) >= 11 is 0. The highest BCUT2D eigenvalue weighted by Gasteiger charge is 2.19. The van der Waals surface area contributed by atoms with Crippen LogP contribution in [-0.4, -0.2) is 60.0 Å². The predicted octanol–water partition coefficient (Wildman–Crippen LogP) is 1.67. The van der Waals surface area contributed by atoms with Crippen LogP contribution in [0.15, 0.2) is 0 Å². The van der Waals surface area contributed by atoms with Crippen molar-refractivity contribution in [2.24, 2.45) is 0 Å². The molecule has 0 atom stereocenters. The topological polar surface area (TPSA) is 59.4 Å². The summed E-state index contributed by atoms with van der Waals surface area (Å²) in [6, 6.07) is 0. The monoisotopic (exact) mass is 344 g/mol. The lowest BCUT2D eigenvalue weighted by Crippen LogP contribution is -2.37. The van der Waals surface area contributed by atoms with Crippen LogP contribution < -0.4 is 5.32 Å². The molecule has 1 amide bonds. The molecule has 136 valence electrons. The first-order chi connectivity index (χ1) is 11.5. The number of morpholine rings is 1. The quantitative estimate of drug-likeness (QED) is 0.729. The maximum atomic E-state index is 12.8. The fraction of sp³-hybridized carbons (Fsp3) is 0.750. The summed E-state index contributed by atoms with van der Waals surface area (Å²) < 4.78 is 31.5. The average Bonchev–Trinajstić information content (AvgIpc) is 2.84. The Balaban J connectivity index is 1.68. The Morgan fingerprint density at radius 3 is 2.62 bits per heavy atom. The number of hydrogen-bond donors (Lipinski definition) is 1. The lowest BCUT2D eigenvalue weighted by molar-refractivity contribution is -0.120. The summed E-state index contributed by atoms with van der Waals surface area (Å²) in [7, 11) is 0. The Bertz CT molecular complexity index is 542. The Kier molecular flexibility index (Phi) is 7.11. The van der Waals surface area contributed by atoms with Crippen LogP contribution in [0.1, 0.15) is 36.3 Å². The lowest BCUT2D eigenvalue weighted by atomic mass is 10.1. The average molecular weight is 344 g/mol. The van der Waals surface area contributed by atoms with Gasteiger partial charge in [0, 0.05) is 30.9 Å². The summed E-state index contributed by atoms with van der Waals surface area (Å²) in [5.74, 6) is -0.151. The number of unbranched alkanes of at least 4 members (excludes halogenated alkanes) is 1. The van der Waals surface area contributed by atoms with Gasteiger partial charge in [0.15, 0.2) is 0 Å². The molecule has 0 radical (unpaired) electrons. The molecule has 2 rings (SSSR count). The number of amides is 1. The van der Waals surface area contributed by atoms with Crippen molar-refractivity contribution in [3.05, 3.63) is 17.0 Å². The van der Waals surface area contributed by atoms with Gasteiger partial charge in [-0.05, 0) is 33.2 Å². The molecular formula is C16H26F2N4O2. The van der Waals surface area contributed by atoms with E-state index in [1.54, 1.807) is 13.8 Å². The molecule has 1 aromatic rings. The highest BCUT2D eigenvalue weighted by molar-refractivity contribution is 5.79. The fourth-order valence-electron chi connectivity index (χ4n) is 2.88. The molecular weight excluding hydrogens is 318 g/mol. The van der Waals surface area contributed by atoms with Gasteiger partial charge in [0.2, 0.25) is 5.91 Å². The summed E-state index contributed by atoms with van der Waals surface area (Å²) in [4.78, 5) is 14.4. The van der Waals surface area contributed by atoms with Gasteiger partial charge in [-0.15, -0.1) is 0 Å². The highest BCUT2D eigenvalue weighted by Crippen LogP contribution is 2.19. The van der Waals surface area contributed by atoms with E-state index < -0.39 is 6.55 Å². The van der Waals surface area contributed by atoms with Gasteiger partial charge in [-0.1, -0.05) is 0 Å². The second-order valence-electron chi connectivity index (χ2n) is 6.06. The van der Waals surface area contributed by atoms with Gasteiger partial charge in [-0.25, -0.2) is 4.68 Å². The maximum Gasteiger partial charge on any atom is 0.333 e. The molecule has 8 heteroatoms. The van der Waals surface area contributed by atoms with Crippen molar-refractivity contribution < 1.29 is 18.3 Å². The molecule has 0 bridgehead atoms. The molecule has 24 heavy (non-hydrogen) atoms. The van der Waals surface area contributed by atoms with Crippen molar-refractivity contribution in [3.8, 4) is 0 Å². The minimum Gasteiger partial charge on any atom is -0.379 e. The molecule has 0 spiro atoms. The Morgan fingerprint density at radius 1 is 1.29 bits per heavy atom. The molecule has 0 aromatic carbocycles. The first-order valence-corrected chi connectivity index (χ1v) is 8.38. The van der Waals surface area contributed by atoms with E-state index in [-0.39, 0.29) is 12.3 Å². The number of nitrogens with one attached hydrogen (secondary N) is 1. The van der Waals surface area contributed by atoms with Gasteiger partial charge in [-0.3, -0.25) is 9.69 Å². The predicted molar refractivity (Wildman–Crippen MR) is 86.2 cm³/mol. The van der Waals surface area contributed by atoms with Crippen molar-refractivity contribution in [1.29, 1.82) is 0 Å². The number of ether oxygens (including phenoxy) is 1. The maximum absolute atomic E-state index is 12.8. The zero-order chi connectivity index (χ0) is 17.5. The van der Waals surface area contributed by atoms with E-state index in [0.29, 0.717) is 28.2 Å². The lowest BCUT2D eigenvalue weighted by Gasteiger charge is -2.26. The molecule has 1 aliphatic rings. The fourth-order valence-corrected chi connectivity index (χ4v) is 2.88. The number of halogens is 2. The Labute approximate surface area is 141 Å². The third kappa shape index (κ3) is 5.24. The third-order valence-corrected chi connectivity index (χ3v) is 4.32. The number of nitrogens with zero attached hydrogens (tertiary/aromatic N) is 3. The van der Waals surface area contributed by atoms with Crippen LogP contribution in [0, 0.1) is 13.8 Å². The van der Waals surface area contributed by atoms with E-state index >= 15 is 0 Å². The Morgan fingerprint density at radius 2 is 2.00 bits per heavy atom. The van der Waals surface area contributed by atoms with Crippen LogP contribution in [-0.2, 0) is 16.0 Å². The van der Waals surface area contributed by atoms with E-state index in [9.17, 15) is 13.6 Å².